The minimum absolute atomic E-state index is 0.729. The molecule has 0 amide bonds. The summed E-state index contributed by atoms with van der Waals surface area (Å²) >= 11 is 0. The lowest BCUT2D eigenvalue weighted by molar-refractivity contribution is 0.331. The average Bonchev–Trinajstić information content (AvgIpc) is 2.52. The number of nitrogens with zero attached hydrogens (tertiary/aromatic N) is 1. The van der Waals surface area contributed by atoms with E-state index in [4.69, 9.17) is 9.47 Å². The molecule has 0 saturated heterocycles. The number of nitrogens with one attached hydrogen (secondary N) is 1. The maximum absolute atomic E-state index is 5.39. The van der Waals surface area contributed by atoms with Gasteiger partial charge in [0.15, 0.2) is 11.5 Å². The van der Waals surface area contributed by atoms with E-state index in [-0.39, 0.29) is 0 Å². The summed E-state index contributed by atoms with van der Waals surface area (Å²) in [6.07, 6.45) is 10.1. The van der Waals surface area contributed by atoms with Crippen LogP contribution in [0.15, 0.2) is 12.3 Å². The molecule has 4 heteroatoms. The molecule has 0 atom stereocenters. The van der Waals surface area contributed by atoms with Gasteiger partial charge in [-0.15, -0.1) is 0 Å². The van der Waals surface area contributed by atoms with Gasteiger partial charge in [-0.25, -0.2) is 0 Å². The van der Waals surface area contributed by atoms with Crippen LogP contribution in [0.5, 0.6) is 11.5 Å². The number of aromatic nitrogens is 1. The van der Waals surface area contributed by atoms with Crippen molar-refractivity contribution < 1.29 is 9.47 Å². The van der Waals surface area contributed by atoms with Crippen LogP contribution in [0.3, 0.4) is 0 Å². The summed E-state index contributed by atoms with van der Waals surface area (Å²) in [6.45, 7) is 1.78. The fourth-order valence-corrected chi connectivity index (χ4v) is 2.97. The van der Waals surface area contributed by atoms with Crippen molar-refractivity contribution in [2.45, 2.75) is 45.1 Å². The van der Waals surface area contributed by atoms with Gasteiger partial charge in [-0.3, -0.25) is 4.98 Å². The second kappa shape index (κ2) is 8.10. The largest absolute Gasteiger partial charge is 0.493 e. The molecular weight excluding hydrogens is 252 g/mol. The molecule has 0 aliphatic heterocycles. The number of rotatable bonds is 7. The Bertz CT molecular complexity index is 403. The van der Waals surface area contributed by atoms with E-state index >= 15 is 0 Å². The van der Waals surface area contributed by atoms with Crippen LogP contribution >= 0.6 is 0 Å². The van der Waals surface area contributed by atoms with Crippen LogP contribution in [0.25, 0.3) is 0 Å². The lowest BCUT2D eigenvalue weighted by Crippen LogP contribution is -2.20. The molecule has 0 aromatic carbocycles. The van der Waals surface area contributed by atoms with Crippen LogP contribution in [0.2, 0.25) is 0 Å². The standard InChI is InChI=1S/C16H26N2O2/c1-19-15-9-11-18-14(16(15)20-2)12-17-10-8-13-6-4-3-5-7-13/h9,11,13,17H,3-8,10,12H2,1-2H3. The Morgan fingerprint density at radius 2 is 2.00 bits per heavy atom. The summed E-state index contributed by atoms with van der Waals surface area (Å²) in [6, 6.07) is 1.82. The minimum Gasteiger partial charge on any atom is -0.493 e. The predicted octanol–water partition coefficient (Wildman–Crippen LogP) is 3.16. The smallest absolute Gasteiger partial charge is 0.183 e. The molecule has 0 unspecified atom stereocenters. The van der Waals surface area contributed by atoms with Gasteiger partial charge in [0.2, 0.25) is 0 Å². The van der Waals surface area contributed by atoms with E-state index < -0.39 is 0 Å². The van der Waals surface area contributed by atoms with Gasteiger partial charge in [0.1, 0.15) is 0 Å². The molecule has 1 aromatic heterocycles. The van der Waals surface area contributed by atoms with Crippen LogP contribution in [-0.4, -0.2) is 25.7 Å². The zero-order valence-corrected chi connectivity index (χ0v) is 12.7. The molecular formula is C16H26N2O2. The Morgan fingerprint density at radius 3 is 2.70 bits per heavy atom. The zero-order valence-electron chi connectivity index (χ0n) is 12.7. The molecule has 1 aliphatic rings. The third-order valence-electron chi connectivity index (χ3n) is 4.11. The van der Waals surface area contributed by atoms with Gasteiger partial charge in [-0.05, 0) is 18.9 Å². The van der Waals surface area contributed by atoms with Gasteiger partial charge in [0.25, 0.3) is 0 Å². The quantitative estimate of drug-likeness (QED) is 0.778. The molecule has 1 saturated carbocycles. The first-order valence-corrected chi connectivity index (χ1v) is 7.61. The highest BCUT2D eigenvalue weighted by atomic mass is 16.5. The first-order chi connectivity index (χ1) is 9.85. The van der Waals surface area contributed by atoms with Gasteiger partial charge in [0.05, 0.1) is 19.9 Å². The van der Waals surface area contributed by atoms with Crippen LogP contribution in [-0.2, 0) is 6.54 Å². The molecule has 0 radical (unpaired) electrons. The Kier molecular flexibility index (Phi) is 6.12. The highest BCUT2D eigenvalue weighted by Gasteiger charge is 2.13. The first kappa shape index (κ1) is 15.1. The molecule has 20 heavy (non-hydrogen) atoms. The van der Waals surface area contributed by atoms with E-state index in [1.54, 1.807) is 20.4 Å². The SMILES string of the molecule is COc1ccnc(CNCCC2CCCCC2)c1OC. The second-order valence-electron chi connectivity index (χ2n) is 5.46. The van der Waals surface area contributed by atoms with Crippen molar-refractivity contribution in [2.24, 2.45) is 5.92 Å². The summed E-state index contributed by atoms with van der Waals surface area (Å²) in [4.78, 5) is 4.37. The molecule has 4 nitrogen and oxygen atoms in total. The van der Waals surface area contributed by atoms with Crippen molar-refractivity contribution in [1.82, 2.24) is 10.3 Å². The lowest BCUT2D eigenvalue weighted by Gasteiger charge is -2.21. The van der Waals surface area contributed by atoms with Gasteiger partial charge < -0.3 is 14.8 Å². The van der Waals surface area contributed by atoms with Crippen LogP contribution < -0.4 is 14.8 Å². The highest BCUT2D eigenvalue weighted by Crippen LogP contribution is 2.29. The van der Waals surface area contributed by atoms with Crippen LogP contribution in [0.1, 0.15) is 44.2 Å². The van der Waals surface area contributed by atoms with E-state index in [0.29, 0.717) is 0 Å². The molecule has 1 heterocycles. The van der Waals surface area contributed by atoms with Crippen molar-refractivity contribution in [1.29, 1.82) is 0 Å². The summed E-state index contributed by atoms with van der Waals surface area (Å²) in [5.74, 6) is 2.39. The Labute approximate surface area is 121 Å². The lowest BCUT2D eigenvalue weighted by atomic mass is 9.87. The Hall–Kier alpha value is -1.29. The van der Waals surface area contributed by atoms with Crippen molar-refractivity contribution in [3.8, 4) is 11.5 Å². The van der Waals surface area contributed by atoms with E-state index in [9.17, 15) is 0 Å². The number of methoxy groups -OCH3 is 2. The fraction of sp³-hybridized carbons (Fsp3) is 0.688. The molecule has 1 N–H and O–H groups in total. The normalized spacial score (nSPS) is 16.1. The average molecular weight is 278 g/mol. The fourth-order valence-electron chi connectivity index (χ4n) is 2.97. The Morgan fingerprint density at radius 1 is 1.20 bits per heavy atom. The maximum Gasteiger partial charge on any atom is 0.183 e. The van der Waals surface area contributed by atoms with Crippen molar-refractivity contribution in [3.05, 3.63) is 18.0 Å². The molecule has 112 valence electrons. The highest BCUT2D eigenvalue weighted by molar-refractivity contribution is 5.42. The number of ether oxygens (including phenoxy) is 2. The maximum atomic E-state index is 5.39. The number of hydrogen-bond donors (Lipinski definition) is 1. The molecule has 0 spiro atoms. The molecule has 0 bridgehead atoms. The van der Waals surface area contributed by atoms with Crippen molar-refractivity contribution in [2.75, 3.05) is 20.8 Å². The van der Waals surface area contributed by atoms with Crippen LogP contribution in [0.4, 0.5) is 0 Å². The van der Waals surface area contributed by atoms with E-state index in [1.807, 2.05) is 6.07 Å². The zero-order chi connectivity index (χ0) is 14.2. The molecule has 1 aliphatic carbocycles. The molecule has 1 aromatic rings. The number of hydrogen-bond acceptors (Lipinski definition) is 4. The first-order valence-electron chi connectivity index (χ1n) is 7.61. The van der Waals surface area contributed by atoms with Crippen molar-refractivity contribution >= 4 is 0 Å². The van der Waals surface area contributed by atoms with Gasteiger partial charge in [-0.1, -0.05) is 32.1 Å². The minimum atomic E-state index is 0.729. The molecule has 1 fully saturated rings. The van der Waals surface area contributed by atoms with E-state index in [1.165, 1.54) is 38.5 Å². The summed E-state index contributed by atoms with van der Waals surface area (Å²) in [5.41, 5.74) is 0.912. The monoisotopic (exact) mass is 278 g/mol. The summed E-state index contributed by atoms with van der Waals surface area (Å²) in [5, 5.41) is 3.48. The topological polar surface area (TPSA) is 43.4 Å². The van der Waals surface area contributed by atoms with Crippen LogP contribution in [0, 0.1) is 5.92 Å². The van der Waals surface area contributed by atoms with Gasteiger partial charge in [-0.2, -0.15) is 0 Å². The third kappa shape index (κ3) is 4.10. The Balaban J connectivity index is 1.78. The second-order valence-corrected chi connectivity index (χ2v) is 5.46. The third-order valence-corrected chi connectivity index (χ3v) is 4.11. The predicted molar refractivity (Wildman–Crippen MR) is 80.2 cm³/mol. The van der Waals surface area contributed by atoms with Gasteiger partial charge >= 0.3 is 0 Å². The summed E-state index contributed by atoms with van der Waals surface area (Å²) < 4.78 is 10.7. The van der Waals surface area contributed by atoms with E-state index in [2.05, 4.69) is 10.3 Å². The summed E-state index contributed by atoms with van der Waals surface area (Å²) in [7, 11) is 3.31. The molecule has 2 rings (SSSR count). The van der Waals surface area contributed by atoms with Gasteiger partial charge in [0, 0.05) is 18.8 Å². The number of pyridine rings is 1. The van der Waals surface area contributed by atoms with Crippen molar-refractivity contribution in [3.63, 3.8) is 0 Å². The van der Waals surface area contributed by atoms with E-state index in [0.717, 1.165) is 36.2 Å².